The third kappa shape index (κ3) is 3.26. The van der Waals surface area contributed by atoms with Crippen LogP contribution in [0, 0.1) is 0 Å². The van der Waals surface area contributed by atoms with Crippen LogP contribution in [0.2, 0.25) is 0 Å². The van der Waals surface area contributed by atoms with Crippen molar-refractivity contribution < 1.29 is 19.4 Å². The third-order valence-corrected chi connectivity index (χ3v) is 1.61. The van der Waals surface area contributed by atoms with Gasteiger partial charge in [-0.1, -0.05) is 0 Å². The van der Waals surface area contributed by atoms with E-state index < -0.39 is 11.9 Å². The van der Waals surface area contributed by atoms with Crippen molar-refractivity contribution in [3.8, 4) is 0 Å². The van der Waals surface area contributed by atoms with Crippen molar-refractivity contribution in [2.75, 3.05) is 19.0 Å². The Kier molecular flexibility index (Phi) is 3.61. The predicted molar refractivity (Wildman–Crippen MR) is 51.7 cm³/mol. The Balaban J connectivity index is 2.64. The predicted octanol–water partition coefficient (Wildman–Crippen LogP) is 0.365. The second-order valence-electron chi connectivity index (χ2n) is 2.67. The Hall–Kier alpha value is -2.11. The first-order chi connectivity index (χ1) is 7.13. The summed E-state index contributed by atoms with van der Waals surface area (Å²) in [5.41, 5.74) is 0.318. The van der Waals surface area contributed by atoms with Gasteiger partial charge in [0.1, 0.15) is 12.4 Å². The molecule has 0 unspecified atom stereocenters. The van der Waals surface area contributed by atoms with Gasteiger partial charge < -0.3 is 15.2 Å². The first-order valence-corrected chi connectivity index (χ1v) is 4.13. The minimum Gasteiger partial charge on any atom is -0.480 e. The normalized spacial score (nSPS) is 9.40. The van der Waals surface area contributed by atoms with E-state index in [9.17, 15) is 9.59 Å². The summed E-state index contributed by atoms with van der Waals surface area (Å²) < 4.78 is 4.48. The number of methoxy groups -OCH3 is 1. The summed E-state index contributed by atoms with van der Waals surface area (Å²) in [4.78, 5) is 25.1. The van der Waals surface area contributed by atoms with Gasteiger partial charge >= 0.3 is 11.9 Å². The van der Waals surface area contributed by atoms with Crippen LogP contribution in [-0.2, 0) is 9.53 Å². The number of carbonyl (C=O) groups is 2. The molecule has 0 spiro atoms. The molecule has 0 aliphatic rings. The standard InChI is InChI=1S/C9H10N2O4/c1-15-9(14)6-2-3-7(10-4-6)11-5-8(12)13/h2-4H,5H2,1H3,(H,10,11)(H,12,13). The van der Waals surface area contributed by atoms with Crippen LogP contribution in [0.15, 0.2) is 18.3 Å². The number of carboxylic acids is 1. The second-order valence-corrected chi connectivity index (χ2v) is 2.67. The van der Waals surface area contributed by atoms with Crippen LogP contribution in [0.25, 0.3) is 0 Å². The Morgan fingerprint density at radius 2 is 2.27 bits per heavy atom. The maximum absolute atomic E-state index is 11.0. The van der Waals surface area contributed by atoms with Crippen LogP contribution in [0.3, 0.4) is 0 Å². The van der Waals surface area contributed by atoms with Crippen LogP contribution in [0.4, 0.5) is 5.82 Å². The van der Waals surface area contributed by atoms with Crippen LogP contribution >= 0.6 is 0 Å². The molecule has 0 fully saturated rings. The van der Waals surface area contributed by atoms with Gasteiger partial charge in [0.2, 0.25) is 0 Å². The summed E-state index contributed by atoms with van der Waals surface area (Å²) in [6.07, 6.45) is 1.32. The van der Waals surface area contributed by atoms with Gasteiger partial charge in [0.15, 0.2) is 0 Å². The minimum absolute atomic E-state index is 0.218. The SMILES string of the molecule is COC(=O)c1ccc(NCC(=O)O)nc1. The highest BCUT2D eigenvalue weighted by Crippen LogP contribution is 2.05. The number of nitrogens with zero attached hydrogens (tertiary/aromatic N) is 1. The highest BCUT2D eigenvalue weighted by molar-refractivity contribution is 5.89. The van der Waals surface area contributed by atoms with Gasteiger partial charge in [-0.2, -0.15) is 0 Å². The van der Waals surface area contributed by atoms with E-state index in [1.807, 2.05) is 0 Å². The van der Waals surface area contributed by atoms with Crippen molar-refractivity contribution >= 4 is 17.8 Å². The van der Waals surface area contributed by atoms with Crippen molar-refractivity contribution in [1.82, 2.24) is 4.98 Å². The lowest BCUT2D eigenvalue weighted by molar-refractivity contribution is -0.134. The van der Waals surface area contributed by atoms with Crippen molar-refractivity contribution in [1.29, 1.82) is 0 Å². The number of nitrogens with one attached hydrogen (secondary N) is 1. The van der Waals surface area contributed by atoms with Crippen molar-refractivity contribution in [3.05, 3.63) is 23.9 Å². The van der Waals surface area contributed by atoms with E-state index >= 15 is 0 Å². The number of aliphatic carboxylic acids is 1. The second kappa shape index (κ2) is 4.94. The zero-order valence-corrected chi connectivity index (χ0v) is 8.06. The fourth-order valence-electron chi connectivity index (χ4n) is 0.903. The monoisotopic (exact) mass is 210 g/mol. The molecule has 1 aromatic heterocycles. The van der Waals surface area contributed by atoms with Crippen LogP contribution in [0.1, 0.15) is 10.4 Å². The summed E-state index contributed by atoms with van der Waals surface area (Å²) in [5.74, 6) is -1.06. The quantitative estimate of drug-likeness (QED) is 0.698. The van der Waals surface area contributed by atoms with Gasteiger partial charge in [-0.3, -0.25) is 4.79 Å². The van der Waals surface area contributed by atoms with Gasteiger partial charge in [0, 0.05) is 6.20 Å². The number of esters is 1. The number of carbonyl (C=O) groups excluding carboxylic acids is 1. The van der Waals surface area contributed by atoms with Crippen molar-refractivity contribution in [2.24, 2.45) is 0 Å². The Bertz CT molecular complexity index is 361. The molecule has 0 aliphatic carbocycles. The summed E-state index contributed by atoms with van der Waals surface area (Å²) in [6, 6.07) is 3.01. The van der Waals surface area contributed by atoms with Gasteiger partial charge in [-0.05, 0) is 12.1 Å². The van der Waals surface area contributed by atoms with Crippen LogP contribution < -0.4 is 5.32 Å². The molecule has 0 aliphatic heterocycles. The minimum atomic E-state index is -0.978. The molecule has 1 rings (SSSR count). The molecule has 0 atom stereocenters. The van der Waals surface area contributed by atoms with E-state index in [2.05, 4.69) is 15.0 Å². The number of carboxylic acid groups (broad SMARTS) is 1. The molecule has 0 saturated heterocycles. The lowest BCUT2D eigenvalue weighted by atomic mass is 10.3. The average molecular weight is 210 g/mol. The lowest BCUT2D eigenvalue weighted by Gasteiger charge is -2.02. The molecule has 15 heavy (non-hydrogen) atoms. The largest absolute Gasteiger partial charge is 0.480 e. The van der Waals surface area contributed by atoms with Crippen LogP contribution in [0.5, 0.6) is 0 Å². The molecule has 0 aromatic carbocycles. The molecule has 2 N–H and O–H groups in total. The molecule has 1 heterocycles. The number of aromatic nitrogens is 1. The first-order valence-electron chi connectivity index (χ1n) is 4.13. The number of hydrogen-bond donors (Lipinski definition) is 2. The van der Waals surface area contributed by atoms with E-state index in [4.69, 9.17) is 5.11 Å². The van der Waals surface area contributed by atoms with Crippen LogP contribution in [-0.4, -0.2) is 35.7 Å². The van der Waals surface area contributed by atoms with Gasteiger partial charge in [0.25, 0.3) is 0 Å². The topological polar surface area (TPSA) is 88.5 Å². The highest BCUT2D eigenvalue weighted by Gasteiger charge is 2.05. The molecule has 0 radical (unpaired) electrons. The molecule has 0 amide bonds. The molecule has 0 bridgehead atoms. The van der Waals surface area contributed by atoms with E-state index in [0.717, 1.165) is 0 Å². The summed E-state index contributed by atoms with van der Waals surface area (Å²) in [5, 5.41) is 11.0. The molecular weight excluding hydrogens is 200 g/mol. The molecular formula is C9H10N2O4. The molecule has 0 saturated carbocycles. The first kappa shape index (κ1) is 11.0. The van der Waals surface area contributed by atoms with Gasteiger partial charge in [-0.15, -0.1) is 0 Å². The molecule has 6 heteroatoms. The van der Waals surface area contributed by atoms with Gasteiger partial charge in [0.05, 0.1) is 12.7 Å². The molecule has 80 valence electrons. The Labute approximate surface area is 85.9 Å². The Morgan fingerprint density at radius 3 is 2.73 bits per heavy atom. The number of pyridine rings is 1. The number of anilines is 1. The van der Waals surface area contributed by atoms with E-state index in [1.165, 1.54) is 25.4 Å². The zero-order chi connectivity index (χ0) is 11.3. The van der Waals surface area contributed by atoms with E-state index in [1.54, 1.807) is 0 Å². The summed E-state index contributed by atoms with van der Waals surface area (Å²) in [7, 11) is 1.28. The van der Waals surface area contributed by atoms with E-state index in [-0.39, 0.29) is 6.54 Å². The number of hydrogen-bond acceptors (Lipinski definition) is 5. The van der Waals surface area contributed by atoms with E-state index in [0.29, 0.717) is 11.4 Å². The fourth-order valence-corrected chi connectivity index (χ4v) is 0.903. The highest BCUT2D eigenvalue weighted by atomic mass is 16.5. The Morgan fingerprint density at radius 1 is 1.53 bits per heavy atom. The molecule has 6 nitrogen and oxygen atoms in total. The lowest BCUT2D eigenvalue weighted by Crippen LogP contribution is -2.13. The fraction of sp³-hybridized carbons (Fsp3) is 0.222. The van der Waals surface area contributed by atoms with Crippen molar-refractivity contribution in [3.63, 3.8) is 0 Å². The smallest absolute Gasteiger partial charge is 0.339 e. The number of rotatable bonds is 4. The summed E-state index contributed by atoms with van der Waals surface area (Å²) in [6.45, 7) is -0.218. The third-order valence-electron chi connectivity index (χ3n) is 1.61. The number of ether oxygens (including phenoxy) is 1. The van der Waals surface area contributed by atoms with Gasteiger partial charge in [-0.25, -0.2) is 9.78 Å². The molecule has 1 aromatic rings. The van der Waals surface area contributed by atoms with Crippen molar-refractivity contribution in [2.45, 2.75) is 0 Å². The summed E-state index contributed by atoms with van der Waals surface area (Å²) >= 11 is 0. The zero-order valence-electron chi connectivity index (χ0n) is 8.06. The average Bonchev–Trinajstić information content (AvgIpc) is 2.26. The maximum Gasteiger partial charge on any atom is 0.339 e. The maximum atomic E-state index is 11.0.